The van der Waals surface area contributed by atoms with Gasteiger partial charge in [0.2, 0.25) is 5.91 Å². The third-order valence-corrected chi connectivity index (χ3v) is 7.26. The summed E-state index contributed by atoms with van der Waals surface area (Å²) in [7, 11) is 0. The van der Waals surface area contributed by atoms with Crippen molar-refractivity contribution in [3.8, 4) is 0 Å². The molecule has 0 radical (unpaired) electrons. The molecule has 18 heteroatoms. The number of hydrogen-bond donors (Lipinski definition) is 1. The fraction of sp³-hybridized carbons (Fsp3) is 0.838. The van der Waals surface area contributed by atoms with Crippen LogP contribution in [-0.4, -0.2) is 200 Å². The van der Waals surface area contributed by atoms with Crippen LogP contribution >= 0.6 is 0 Å². The first kappa shape index (κ1) is 50.6. The van der Waals surface area contributed by atoms with E-state index < -0.39 is 11.8 Å². The van der Waals surface area contributed by atoms with Crippen molar-refractivity contribution in [3.63, 3.8) is 0 Å². The number of carbonyl (C=O) groups excluding carboxylic acids is 4. The van der Waals surface area contributed by atoms with Crippen LogP contribution in [0.2, 0.25) is 0 Å². The number of rotatable bonds is 43. The molecule has 0 aromatic rings. The highest BCUT2D eigenvalue weighted by atomic mass is 16.6. The van der Waals surface area contributed by atoms with Crippen molar-refractivity contribution in [1.29, 1.82) is 0 Å². The molecule has 1 aliphatic rings. The largest absolute Gasteiger partial charge is 0.379 e. The molecule has 0 fully saturated rings. The minimum Gasteiger partial charge on any atom is -0.379 e. The number of nitrogens with zero attached hydrogens (tertiary/aromatic N) is 1. The quantitative estimate of drug-likeness (QED) is 0.0651. The van der Waals surface area contributed by atoms with E-state index in [1.165, 1.54) is 12.2 Å². The maximum absolute atomic E-state index is 11.8. The highest BCUT2D eigenvalue weighted by Crippen LogP contribution is 2.04. The van der Waals surface area contributed by atoms with Gasteiger partial charge in [0.1, 0.15) is 5.78 Å². The standard InChI is InChI=1S/C37H66N2O16/c1-33(2)34(40)6-9-44-11-13-46-15-17-48-19-21-50-23-25-52-27-29-54-31-32-55-30-28-53-26-24-51-22-20-49-18-16-47-14-12-45-10-7-38-35(41)5-8-39-36(42)3-4-37(39)43/h3-4,33H,5-32H2,1-2H3,(H,38,41). The van der Waals surface area contributed by atoms with Crippen molar-refractivity contribution in [2.75, 3.05) is 172 Å². The zero-order valence-electron chi connectivity index (χ0n) is 33.0. The molecular formula is C37H66N2O16. The first-order chi connectivity index (χ1) is 26.9. The van der Waals surface area contributed by atoms with Crippen LogP contribution in [0.15, 0.2) is 12.2 Å². The van der Waals surface area contributed by atoms with E-state index in [2.05, 4.69) is 5.32 Å². The Hall–Kier alpha value is -2.46. The van der Waals surface area contributed by atoms with Gasteiger partial charge in [-0.3, -0.25) is 24.1 Å². The van der Waals surface area contributed by atoms with Gasteiger partial charge in [-0.25, -0.2) is 0 Å². The van der Waals surface area contributed by atoms with Crippen LogP contribution in [0, 0.1) is 5.92 Å². The summed E-state index contributed by atoms with van der Waals surface area (Å²) in [6, 6.07) is 0. The molecule has 1 heterocycles. The molecule has 0 saturated heterocycles. The summed E-state index contributed by atoms with van der Waals surface area (Å²) >= 11 is 0. The number of nitrogens with one attached hydrogen (secondary N) is 1. The van der Waals surface area contributed by atoms with Crippen LogP contribution in [0.3, 0.4) is 0 Å². The molecule has 0 bridgehead atoms. The van der Waals surface area contributed by atoms with Gasteiger partial charge in [-0.15, -0.1) is 0 Å². The number of Topliss-reactive ketones (excluding diaryl/α,β-unsaturated/α-hetero) is 1. The third-order valence-electron chi connectivity index (χ3n) is 7.26. The van der Waals surface area contributed by atoms with Crippen molar-refractivity contribution < 1.29 is 76.0 Å². The van der Waals surface area contributed by atoms with Crippen LogP contribution < -0.4 is 5.32 Å². The topological polar surface area (TPSA) is 194 Å². The Morgan fingerprint density at radius 3 is 1.02 bits per heavy atom. The lowest BCUT2D eigenvalue weighted by Gasteiger charge is -2.13. The van der Waals surface area contributed by atoms with E-state index in [1.807, 2.05) is 13.8 Å². The van der Waals surface area contributed by atoms with Gasteiger partial charge in [0, 0.05) is 44.0 Å². The minimum atomic E-state index is -0.399. The van der Waals surface area contributed by atoms with Crippen molar-refractivity contribution in [1.82, 2.24) is 10.2 Å². The summed E-state index contributed by atoms with van der Waals surface area (Å²) in [5.74, 6) is -0.793. The van der Waals surface area contributed by atoms with Crippen LogP contribution in [0.4, 0.5) is 0 Å². The monoisotopic (exact) mass is 794 g/mol. The molecule has 0 spiro atoms. The Balaban J connectivity index is 1.64. The smallest absolute Gasteiger partial charge is 0.253 e. The molecule has 0 saturated carbocycles. The molecule has 1 N–H and O–H groups in total. The van der Waals surface area contributed by atoms with Gasteiger partial charge >= 0.3 is 0 Å². The van der Waals surface area contributed by atoms with Gasteiger partial charge in [-0.1, -0.05) is 13.8 Å². The number of ketones is 1. The van der Waals surface area contributed by atoms with Gasteiger partial charge in [0.15, 0.2) is 0 Å². The minimum absolute atomic E-state index is 0.0494. The number of carbonyl (C=O) groups is 4. The Kier molecular flexibility index (Phi) is 35.3. The second kappa shape index (κ2) is 38.4. The fourth-order valence-corrected chi connectivity index (χ4v) is 4.20. The first-order valence-corrected chi connectivity index (χ1v) is 19.2. The third kappa shape index (κ3) is 33.4. The number of imide groups is 1. The summed E-state index contributed by atoms with van der Waals surface area (Å²) < 4.78 is 65.4. The van der Waals surface area contributed by atoms with E-state index >= 15 is 0 Å². The molecule has 1 aliphatic heterocycles. The SMILES string of the molecule is CC(C)C(=O)CCOCCOCCOCCOCCOCCOCCOCCOCCOCCOCCOCCOCCNC(=O)CCN1C(=O)C=CC1=O. The predicted octanol–water partition coefficient (Wildman–Crippen LogP) is 0.232. The van der Waals surface area contributed by atoms with Gasteiger partial charge < -0.3 is 62.2 Å². The van der Waals surface area contributed by atoms with E-state index in [1.54, 1.807) is 0 Å². The highest BCUT2D eigenvalue weighted by molar-refractivity contribution is 6.13. The molecule has 0 unspecified atom stereocenters. The maximum atomic E-state index is 11.8. The molecule has 0 aliphatic carbocycles. The van der Waals surface area contributed by atoms with Crippen LogP contribution in [-0.2, 0) is 76.0 Å². The summed E-state index contributed by atoms with van der Waals surface area (Å²) in [5, 5.41) is 2.68. The van der Waals surface area contributed by atoms with E-state index in [0.29, 0.717) is 172 Å². The molecular weight excluding hydrogens is 728 g/mol. The first-order valence-electron chi connectivity index (χ1n) is 19.2. The molecule has 18 nitrogen and oxygen atoms in total. The zero-order chi connectivity index (χ0) is 39.9. The lowest BCUT2D eigenvalue weighted by atomic mass is 10.1. The molecule has 1 rings (SSSR count). The van der Waals surface area contributed by atoms with Crippen LogP contribution in [0.25, 0.3) is 0 Å². The van der Waals surface area contributed by atoms with E-state index in [0.717, 1.165) is 4.90 Å². The zero-order valence-corrected chi connectivity index (χ0v) is 33.0. The fourth-order valence-electron chi connectivity index (χ4n) is 4.20. The van der Waals surface area contributed by atoms with Gasteiger partial charge in [-0.2, -0.15) is 0 Å². The molecule has 55 heavy (non-hydrogen) atoms. The van der Waals surface area contributed by atoms with Gasteiger partial charge in [0.05, 0.1) is 159 Å². The maximum Gasteiger partial charge on any atom is 0.253 e. The van der Waals surface area contributed by atoms with Crippen molar-refractivity contribution in [3.05, 3.63) is 12.2 Å². The average Bonchev–Trinajstić information content (AvgIpc) is 3.50. The normalized spacial score (nSPS) is 12.8. The lowest BCUT2D eigenvalue weighted by Crippen LogP contribution is -2.35. The summed E-state index contributed by atoms with van der Waals surface area (Å²) in [4.78, 5) is 47.2. The second-order valence-electron chi connectivity index (χ2n) is 12.0. The van der Waals surface area contributed by atoms with Gasteiger partial charge in [-0.05, 0) is 0 Å². The van der Waals surface area contributed by atoms with Gasteiger partial charge in [0.25, 0.3) is 11.8 Å². The molecule has 0 atom stereocenters. The molecule has 0 aromatic heterocycles. The Morgan fingerprint density at radius 1 is 0.455 bits per heavy atom. The summed E-state index contributed by atoms with van der Waals surface area (Å²) in [6.45, 7) is 15.1. The Bertz CT molecular complexity index is 969. The second-order valence-corrected chi connectivity index (χ2v) is 12.0. The number of hydrogen-bond acceptors (Lipinski definition) is 16. The predicted molar refractivity (Wildman–Crippen MR) is 198 cm³/mol. The van der Waals surface area contributed by atoms with Crippen molar-refractivity contribution in [2.45, 2.75) is 26.7 Å². The molecule has 3 amide bonds. The Labute approximate surface area is 326 Å². The van der Waals surface area contributed by atoms with Crippen molar-refractivity contribution in [2.24, 2.45) is 5.92 Å². The molecule has 320 valence electrons. The van der Waals surface area contributed by atoms with Crippen LogP contribution in [0.1, 0.15) is 26.7 Å². The lowest BCUT2D eigenvalue weighted by molar-refractivity contribution is -0.137. The highest BCUT2D eigenvalue weighted by Gasteiger charge is 2.23. The summed E-state index contributed by atoms with van der Waals surface area (Å²) in [6.07, 6.45) is 2.88. The van der Waals surface area contributed by atoms with Crippen molar-refractivity contribution >= 4 is 23.5 Å². The van der Waals surface area contributed by atoms with E-state index in [-0.39, 0.29) is 30.6 Å². The van der Waals surface area contributed by atoms with E-state index in [9.17, 15) is 19.2 Å². The Morgan fingerprint density at radius 2 is 0.727 bits per heavy atom. The molecule has 0 aromatic carbocycles. The van der Waals surface area contributed by atoms with Crippen LogP contribution in [0.5, 0.6) is 0 Å². The number of amides is 3. The van der Waals surface area contributed by atoms with E-state index in [4.69, 9.17) is 56.8 Å². The average molecular weight is 795 g/mol. The summed E-state index contributed by atoms with van der Waals surface area (Å²) in [5.41, 5.74) is 0. The number of ether oxygens (including phenoxy) is 12.